The zero-order chi connectivity index (χ0) is 14.8. The van der Waals surface area contributed by atoms with Crippen LogP contribution in [-0.2, 0) is 10.3 Å². The van der Waals surface area contributed by atoms with Crippen molar-refractivity contribution in [3.05, 3.63) is 17.6 Å². The fourth-order valence-electron chi connectivity index (χ4n) is 2.74. The Morgan fingerprint density at radius 3 is 2.50 bits per heavy atom. The Balaban J connectivity index is 2.34. The molecule has 0 spiro atoms. The van der Waals surface area contributed by atoms with Crippen LogP contribution in [-0.4, -0.2) is 16.6 Å². The van der Waals surface area contributed by atoms with E-state index in [0.717, 1.165) is 25.7 Å². The fraction of sp³-hybridized carbons (Fsp3) is 0.667. The van der Waals surface area contributed by atoms with Gasteiger partial charge in [-0.25, -0.2) is 9.97 Å². The zero-order valence-electron chi connectivity index (χ0n) is 12.4. The highest BCUT2D eigenvalue weighted by molar-refractivity contribution is 5.46. The van der Waals surface area contributed by atoms with E-state index in [9.17, 15) is 0 Å². The lowest BCUT2D eigenvalue weighted by Crippen LogP contribution is -2.39. The molecular weight excluding hydrogens is 252 g/mol. The van der Waals surface area contributed by atoms with Gasteiger partial charge in [-0.1, -0.05) is 13.8 Å². The van der Waals surface area contributed by atoms with Gasteiger partial charge < -0.3 is 10.5 Å². The molecule has 108 valence electrons. The van der Waals surface area contributed by atoms with Gasteiger partial charge in [-0.05, 0) is 38.0 Å². The number of nitrogens with two attached hydrogens (primary N) is 1. The van der Waals surface area contributed by atoms with Crippen molar-refractivity contribution in [2.75, 3.05) is 12.3 Å². The molecule has 1 heterocycles. The molecule has 0 unspecified atom stereocenters. The van der Waals surface area contributed by atoms with E-state index in [1.165, 1.54) is 6.20 Å². The number of nitrogens with zero attached hydrogens (tertiary/aromatic N) is 3. The van der Waals surface area contributed by atoms with Crippen LogP contribution in [0.3, 0.4) is 0 Å². The van der Waals surface area contributed by atoms with Crippen LogP contribution in [0.5, 0.6) is 0 Å². The maximum atomic E-state index is 8.91. The summed E-state index contributed by atoms with van der Waals surface area (Å²) in [6, 6.07) is 1.99. The molecular formula is C15H22N4O. The van der Waals surface area contributed by atoms with Gasteiger partial charge in [-0.2, -0.15) is 5.26 Å². The van der Waals surface area contributed by atoms with Gasteiger partial charge in [-0.3, -0.25) is 0 Å². The molecule has 1 fully saturated rings. The maximum absolute atomic E-state index is 8.91. The van der Waals surface area contributed by atoms with Crippen LogP contribution < -0.4 is 5.73 Å². The molecule has 0 saturated heterocycles. The van der Waals surface area contributed by atoms with E-state index in [1.807, 2.05) is 13.0 Å². The fourth-order valence-corrected chi connectivity index (χ4v) is 2.74. The number of ether oxygens (including phenoxy) is 1. The van der Waals surface area contributed by atoms with E-state index in [2.05, 4.69) is 23.8 Å². The van der Waals surface area contributed by atoms with Crippen molar-refractivity contribution in [2.24, 2.45) is 5.41 Å². The topological polar surface area (TPSA) is 84.8 Å². The summed E-state index contributed by atoms with van der Waals surface area (Å²) in [5, 5.41) is 8.91. The third kappa shape index (κ3) is 2.75. The summed E-state index contributed by atoms with van der Waals surface area (Å²) in [6.07, 6.45) is 5.41. The quantitative estimate of drug-likeness (QED) is 0.916. The molecule has 1 aliphatic rings. The van der Waals surface area contributed by atoms with Gasteiger partial charge in [0.25, 0.3) is 0 Å². The standard InChI is InChI=1S/C15H22N4O/c1-4-20-15(7-5-14(2,3)6-8-15)13-18-10-11(9-16)12(17)19-13/h10H,4-8H2,1-3H3,(H2,17,18,19). The first-order valence-electron chi connectivity index (χ1n) is 7.09. The Morgan fingerprint density at radius 1 is 1.35 bits per heavy atom. The van der Waals surface area contributed by atoms with E-state index in [1.54, 1.807) is 0 Å². The van der Waals surface area contributed by atoms with Crippen LogP contribution in [0.25, 0.3) is 0 Å². The van der Waals surface area contributed by atoms with E-state index >= 15 is 0 Å². The Morgan fingerprint density at radius 2 is 2.00 bits per heavy atom. The van der Waals surface area contributed by atoms with Crippen LogP contribution in [0.4, 0.5) is 5.82 Å². The van der Waals surface area contributed by atoms with E-state index in [0.29, 0.717) is 23.4 Å². The van der Waals surface area contributed by atoms with E-state index < -0.39 is 5.60 Å². The second-order valence-corrected chi connectivity index (χ2v) is 6.20. The minimum absolute atomic E-state index is 0.237. The predicted octanol–water partition coefficient (Wildman–Crippen LogP) is 2.76. The number of hydrogen-bond donors (Lipinski definition) is 1. The van der Waals surface area contributed by atoms with E-state index in [4.69, 9.17) is 15.7 Å². The molecule has 1 aromatic rings. The molecule has 20 heavy (non-hydrogen) atoms. The number of rotatable bonds is 3. The van der Waals surface area contributed by atoms with Crippen molar-refractivity contribution in [2.45, 2.75) is 52.1 Å². The van der Waals surface area contributed by atoms with E-state index in [-0.39, 0.29) is 5.82 Å². The summed E-state index contributed by atoms with van der Waals surface area (Å²) in [5.74, 6) is 0.854. The van der Waals surface area contributed by atoms with Crippen molar-refractivity contribution < 1.29 is 4.74 Å². The van der Waals surface area contributed by atoms with Crippen LogP contribution in [0.2, 0.25) is 0 Å². The van der Waals surface area contributed by atoms with Gasteiger partial charge in [0.1, 0.15) is 23.1 Å². The molecule has 0 aromatic carbocycles. The van der Waals surface area contributed by atoms with Crippen LogP contribution in [0.1, 0.15) is 57.8 Å². The Labute approximate surface area is 120 Å². The first kappa shape index (κ1) is 14.7. The SMILES string of the molecule is CCOC1(c2ncc(C#N)c(N)n2)CCC(C)(C)CC1. The van der Waals surface area contributed by atoms with Gasteiger partial charge in [0, 0.05) is 6.61 Å². The molecule has 0 amide bonds. The number of anilines is 1. The second-order valence-electron chi connectivity index (χ2n) is 6.20. The molecule has 1 aliphatic carbocycles. The first-order chi connectivity index (χ1) is 9.42. The average molecular weight is 274 g/mol. The van der Waals surface area contributed by atoms with Crippen molar-refractivity contribution in [3.8, 4) is 6.07 Å². The first-order valence-corrected chi connectivity index (χ1v) is 7.09. The normalized spacial score (nSPS) is 20.3. The summed E-state index contributed by atoms with van der Waals surface area (Å²) < 4.78 is 6.01. The minimum Gasteiger partial charge on any atom is -0.382 e. The zero-order valence-corrected chi connectivity index (χ0v) is 12.4. The molecule has 5 nitrogen and oxygen atoms in total. The van der Waals surface area contributed by atoms with Gasteiger partial charge in [0.05, 0.1) is 6.20 Å². The van der Waals surface area contributed by atoms with Gasteiger partial charge in [-0.15, -0.1) is 0 Å². The van der Waals surface area contributed by atoms with Gasteiger partial charge >= 0.3 is 0 Å². The van der Waals surface area contributed by atoms with Gasteiger partial charge in [0.2, 0.25) is 0 Å². The molecule has 0 radical (unpaired) electrons. The largest absolute Gasteiger partial charge is 0.382 e. The number of nitriles is 1. The lowest BCUT2D eigenvalue weighted by molar-refractivity contribution is -0.0947. The molecule has 2 rings (SSSR count). The monoisotopic (exact) mass is 274 g/mol. The Hall–Kier alpha value is -1.67. The highest BCUT2D eigenvalue weighted by Gasteiger charge is 2.42. The summed E-state index contributed by atoms with van der Waals surface area (Å²) in [5.41, 5.74) is 6.01. The lowest BCUT2D eigenvalue weighted by Gasteiger charge is -2.42. The molecule has 1 saturated carbocycles. The van der Waals surface area contributed by atoms with Crippen molar-refractivity contribution >= 4 is 5.82 Å². The molecule has 1 aromatic heterocycles. The molecule has 0 atom stereocenters. The average Bonchev–Trinajstić information content (AvgIpc) is 2.42. The van der Waals surface area contributed by atoms with Crippen molar-refractivity contribution in [1.82, 2.24) is 9.97 Å². The molecule has 2 N–H and O–H groups in total. The van der Waals surface area contributed by atoms with Gasteiger partial charge in [0.15, 0.2) is 5.82 Å². The summed E-state index contributed by atoms with van der Waals surface area (Å²) in [6.45, 7) is 7.14. The number of aromatic nitrogens is 2. The maximum Gasteiger partial charge on any atom is 0.162 e. The Kier molecular flexibility index (Phi) is 3.96. The molecule has 5 heteroatoms. The molecule has 0 bridgehead atoms. The van der Waals surface area contributed by atoms with Crippen molar-refractivity contribution in [1.29, 1.82) is 5.26 Å². The Bertz CT molecular complexity index is 523. The van der Waals surface area contributed by atoms with Crippen LogP contribution >= 0.6 is 0 Å². The minimum atomic E-state index is -0.452. The summed E-state index contributed by atoms with van der Waals surface area (Å²) >= 11 is 0. The van der Waals surface area contributed by atoms with Crippen molar-refractivity contribution in [3.63, 3.8) is 0 Å². The second kappa shape index (κ2) is 5.37. The lowest BCUT2D eigenvalue weighted by atomic mass is 9.70. The number of hydrogen-bond acceptors (Lipinski definition) is 5. The predicted molar refractivity (Wildman–Crippen MR) is 76.7 cm³/mol. The summed E-state index contributed by atoms with van der Waals surface area (Å²) in [4.78, 5) is 8.66. The highest BCUT2D eigenvalue weighted by atomic mass is 16.5. The third-order valence-electron chi connectivity index (χ3n) is 4.18. The van der Waals surface area contributed by atoms with Crippen LogP contribution in [0.15, 0.2) is 6.20 Å². The smallest absolute Gasteiger partial charge is 0.162 e. The number of nitrogen functional groups attached to an aromatic ring is 1. The molecule has 0 aliphatic heterocycles. The highest BCUT2D eigenvalue weighted by Crippen LogP contribution is 2.46. The van der Waals surface area contributed by atoms with Crippen LogP contribution in [0, 0.1) is 16.7 Å². The summed E-state index contributed by atoms with van der Waals surface area (Å²) in [7, 11) is 0. The third-order valence-corrected chi connectivity index (χ3v) is 4.18.